The van der Waals surface area contributed by atoms with Gasteiger partial charge in [-0.15, -0.1) is 0 Å². The van der Waals surface area contributed by atoms with Gasteiger partial charge in [0.25, 0.3) is 0 Å². The van der Waals surface area contributed by atoms with E-state index in [4.69, 9.17) is 25.7 Å². The molecule has 3 aromatic rings. The minimum absolute atomic E-state index is 0.240. The number of halogens is 1. The first-order valence-corrected chi connectivity index (χ1v) is 9.48. The van der Waals surface area contributed by atoms with Gasteiger partial charge < -0.3 is 14.1 Å². The van der Waals surface area contributed by atoms with Gasteiger partial charge in [0.15, 0.2) is 10.7 Å². The number of nitrogens with zero attached hydrogens (tertiary/aromatic N) is 4. The van der Waals surface area contributed by atoms with Gasteiger partial charge in [0.2, 0.25) is 5.71 Å². The van der Waals surface area contributed by atoms with Crippen molar-refractivity contribution < 1.29 is 9.15 Å². The van der Waals surface area contributed by atoms with Crippen LogP contribution in [0.1, 0.15) is 31.4 Å². The minimum atomic E-state index is 0.240. The molecule has 1 aliphatic heterocycles. The Labute approximate surface area is 156 Å². The highest BCUT2D eigenvalue weighted by atomic mass is 35.5. The molecule has 0 bridgehead atoms. The van der Waals surface area contributed by atoms with Crippen molar-refractivity contribution in [2.45, 2.75) is 33.1 Å². The molecule has 0 N–H and O–H groups in total. The Kier molecular flexibility index (Phi) is 3.62. The maximum atomic E-state index is 6.26. The van der Waals surface area contributed by atoms with Gasteiger partial charge in [-0.3, -0.25) is 0 Å². The lowest BCUT2D eigenvalue weighted by Gasteiger charge is -2.35. The van der Waals surface area contributed by atoms with E-state index in [1.54, 1.807) is 0 Å². The molecule has 26 heavy (non-hydrogen) atoms. The van der Waals surface area contributed by atoms with E-state index in [1.165, 1.54) is 17.5 Å². The van der Waals surface area contributed by atoms with E-state index in [9.17, 15) is 0 Å². The molecule has 1 aliphatic carbocycles. The van der Waals surface area contributed by atoms with Crippen molar-refractivity contribution >= 4 is 39.6 Å². The van der Waals surface area contributed by atoms with Crippen LogP contribution in [0.3, 0.4) is 0 Å². The molecular formula is C19H21ClN4O2. The number of fused-ring (bicyclic) bond motifs is 5. The summed E-state index contributed by atoms with van der Waals surface area (Å²) in [5.74, 6) is 1.04. The average Bonchev–Trinajstić information content (AvgIpc) is 3.01. The van der Waals surface area contributed by atoms with Gasteiger partial charge in [0, 0.05) is 13.1 Å². The fourth-order valence-corrected chi connectivity index (χ4v) is 4.37. The van der Waals surface area contributed by atoms with Crippen molar-refractivity contribution in [3.8, 4) is 0 Å². The van der Waals surface area contributed by atoms with Crippen molar-refractivity contribution in [3.63, 3.8) is 0 Å². The maximum absolute atomic E-state index is 6.26. The van der Waals surface area contributed by atoms with Gasteiger partial charge in [-0.25, -0.2) is 9.97 Å². The second-order valence-corrected chi connectivity index (χ2v) is 8.32. The zero-order valence-electron chi connectivity index (χ0n) is 15.0. The Morgan fingerprint density at radius 1 is 1.15 bits per heavy atom. The molecule has 136 valence electrons. The molecule has 0 unspecified atom stereocenters. The molecule has 6 nitrogen and oxygen atoms in total. The Balaban J connectivity index is 1.82. The van der Waals surface area contributed by atoms with Gasteiger partial charge in [-0.2, -0.15) is 4.98 Å². The van der Waals surface area contributed by atoms with Gasteiger partial charge in [-0.1, -0.05) is 25.4 Å². The summed E-state index contributed by atoms with van der Waals surface area (Å²) in [6, 6.07) is 0. The standard InChI is InChI=1S/C19H21ClN4O2/c1-19(2)4-3-11-12(9-19)13-14-15(16(20)22-10-21-14)26-18(13)23-17(11)24-5-7-25-8-6-24/h10H,3-9H2,1-2H3. The van der Waals surface area contributed by atoms with E-state index >= 15 is 0 Å². The SMILES string of the molecule is CC1(C)CCc2c(N3CCOCC3)nc3oc4c(Cl)ncnc4c3c2C1. The minimum Gasteiger partial charge on any atom is -0.433 e. The van der Waals surface area contributed by atoms with Gasteiger partial charge in [0.05, 0.1) is 18.6 Å². The molecule has 0 saturated carbocycles. The van der Waals surface area contributed by atoms with Crippen LogP contribution in [-0.2, 0) is 17.6 Å². The third kappa shape index (κ3) is 2.47. The summed E-state index contributed by atoms with van der Waals surface area (Å²) < 4.78 is 11.5. The average molecular weight is 373 g/mol. The molecule has 0 amide bonds. The highest BCUT2D eigenvalue weighted by molar-refractivity contribution is 6.34. The lowest BCUT2D eigenvalue weighted by Crippen LogP contribution is -2.38. The first-order valence-electron chi connectivity index (χ1n) is 9.11. The largest absolute Gasteiger partial charge is 0.433 e. The summed E-state index contributed by atoms with van der Waals surface area (Å²) in [4.78, 5) is 15.8. The van der Waals surface area contributed by atoms with Crippen molar-refractivity contribution in [1.82, 2.24) is 15.0 Å². The predicted molar refractivity (Wildman–Crippen MR) is 101 cm³/mol. The fourth-order valence-electron chi connectivity index (χ4n) is 4.19. The Hall–Kier alpha value is -1.92. The molecule has 3 aromatic heterocycles. The monoisotopic (exact) mass is 372 g/mol. The van der Waals surface area contributed by atoms with Crippen LogP contribution in [0.5, 0.6) is 0 Å². The summed E-state index contributed by atoms with van der Waals surface area (Å²) >= 11 is 6.26. The molecule has 1 fully saturated rings. The highest BCUT2D eigenvalue weighted by Crippen LogP contribution is 2.44. The zero-order chi connectivity index (χ0) is 17.9. The van der Waals surface area contributed by atoms with Crippen molar-refractivity contribution in [2.24, 2.45) is 5.41 Å². The zero-order valence-corrected chi connectivity index (χ0v) is 15.8. The van der Waals surface area contributed by atoms with E-state index in [1.807, 2.05) is 0 Å². The Morgan fingerprint density at radius 2 is 1.96 bits per heavy atom. The molecule has 1 saturated heterocycles. The van der Waals surface area contributed by atoms with Crippen molar-refractivity contribution in [2.75, 3.05) is 31.2 Å². The number of pyridine rings is 1. The topological polar surface area (TPSA) is 64.3 Å². The lowest BCUT2D eigenvalue weighted by atomic mass is 9.73. The van der Waals surface area contributed by atoms with Crippen molar-refractivity contribution in [1.29, 1.82) is 0 Å². The molecule has 2 aliphatic rings. The number of hydrogen-bond donors (Lipinski definition) is 0. The Bertz CT molecular complexity index is 1010. The number of rotatable bonds is 1. The third-order valence-corrected chi connectivity index (χ3v) is 5.84. The van der Waals surface area contributed by atoms with E-state index in [2.05, 4.69) is 28.7 Å². The normalized spacial score (nSPS) is 19.9. The molecule has 0 radical (unpaired) electrons. The molecule has 7 heteroatoms. The second kappa shape index (κ2) is 5.79. The lowest BCUT2D eigenvalue weighted by molar-refractivity contribution is 0.122. The summed E-state index contributed by atoms with van der Waals surface area (Å²) in [7, 11) is 0. The number of furan rings is 1. The summed E-state index contributed by atoms with van der Waals surface area (Å²) in [6.45, 7) is 7.82. The summed E-state index contributed by atoms with van der Waals surface area (Å²) in [5, 5.41) is 1.34. The van der Waals surface area contributed by atoms with Crippen LogP contribution in [0.15, 0.2) is 10.7 Å². The number of hydrogen-bond acceptors (Lipinski definition) is 6. The second-order valence-electron chi connectivity index (χ2n) is 7.96. The number of ether oxygens (including phenoxy) is 1. The van der Waals surface area contributed by atoms with Crippen LogP contribution in [-0.4, -0.2) is 41.3 Å². The van der Waals surface area contributed by atoms with Gasteiger partial charge in [0.1, 0.15) is 17.7 Å². The van der Waals surface area contributed by atoms with Crippen LogP contribution < -0.4 is 4.90 Å². The van der Waals surface area contributed by atoms with Crippen molar-refractivity contribution in [3.05, 3.63) is 22.6 Å². The van der Waals surface area contributed by atoms with Crippen LogP contribution in [0.2, 0.25) is 5.15 Å². The number of morpholine rings is 1. The molecular weight excluding hydrogens is 352 g/mol. The van der Waals surface area contributed by atoms with Gasteiger partial charge in [-0.05, 0) is 35.8 Å². The Morgan fingerprint density at radius 3 is 2.77 bits per heavy atom. The summed E-state index contributed by atoms with van der Waals surface area (Å²) in [5.41, 5.74) is 4.79. The highest BCUT2D eigenvalue weighted by Gasteiger charge is 2.33. The van der Waals surface area contributed by atoms with E-state index in [0.717, 1.165) is 62.3 Å². The first-order chi connectivity index (χ1) is 12.5. The molecule has 5 rings (SSSR count). The van der Waals surface area contributed by atoms with Gasteiger partial charge >= 0.3 is 0 Å². The first kappa shape index (κ1) is 16.3. The quantitative estimate of drug-likeness (QED) is 0.606. The summed E-state index contributed by atoms with van der Waals surface area (Å²) in [6.07, 6.45) is 4.64. The van der Waals surface area contributed by atoms with E-state index < -0.39 is 0 Å². The third-order valence-electron chi connectivity index (χ3n) is 5.57. The smallest absolute Gasteiger partial charge is 0.231 e. The molecule has 0 spiro atoms. The molecule has 0 atom stereocenters. The predicted octanol–water partition coefficient (Wildman–Crippen LogP) is 3.78. The molecule has 4 heterocycles. The van der Waals surface area contributed by atoms with Crippen LogP contribution in [0.25, 0.3) is 22.2 Å². The van der Waals surface area contributed by atoms with Crippen LogP contribution in [0, 0.1) is 5.41 Å². The maximum Gasteiger partial charge on any atom is 0.231 e. The van der Waals surface area contributed by atoms with Crippen LogP contribution in [0.4, 0.5) is 5.82 Å². The van der Waals surface area contributed by atoms with E-state index in [-0.39, 0.29) is 5.41 Å². The van der Waals surface area contributed by atoms with E-state index in [0.29, 0.717) is 16.4 Å². The molecule has 0 aromatic carbocycles. The van der Waals surface area contributed by atoms with Crippen LogP contribution >= 0.6 is 11.6 Å². The fraction of sp³-hybridized carbons (Fsp3) is 0.526. The number of aromatic nitrogens is 3. The number of anilines is 1.